The van der Waals surface area contributed by atoms with Gasteiger partial charge in [0.15, 0.2) is 0 Å². The standard InChI is InChI=1S/C39H57N3S3/c1-28-16-31(4)37(32(5)17-28)22-43-13-10-40-25-41(11-14-44-23-38-33(6)18-29(2)19-34(38)7)27-42(26-40)12-15-45-24-39-35(8)20-30(3)21-36(39)9/h16-21H,10-15,22-27H2,1-9H3. The number of benzene rings is 3. The topological polar surface area (TPSA) is 9.72 Å². The highest BCUT2D eigenvalue weighted by Gasteiger charge is 2.23. The van der Waals surface area contributed by atoms with E-state index in [0.717, 1.165) is 56.9 Å². The number of hydrogen-bond acceptors (Lipinski definition) is 6. The van der Waals surface area contributed by atoms with Gasteiger partial charge in [-0.15, -0.1) is 0 Å². The molecule has 1 aliphatic heterocycles. The van der Waals surface area contributed by atoms with Crippen LogP contribution >= 0.6 is 35.3 Å². The fraction of sp³-hybridized carbons (Fsp3) is 0.538. The summed E-state index contributed by atoms with van der Waals surface area (Å²) in [4.78, 5) is 8.05. The Morgan fingerprint density at radius 3 is 0.844 bits per heavy atom. The fourth-order valence-corrected chi connectivity index (χ4v) is 10.4. The quantitative estimate of drug-likeness (QED) is 0.149. The Morgan fingerprint density at radius 1 is 0.400 bits per heavy atom. The number of thioether (sulfide) groups is 3. The largest absolute Gasteiger partial charge is 0.277 e. The number of nitrogens with zero attached hydrogens (tertiary/aromatic N) is 3. The summed E-state index contributed by atoms with van der Waals surface area (Å²) in [6.07, 6.45) is 0. The predicted octanol–water partition coefficient (Wildman–Crippen LogP) is 9.35. The molecular formula is C39H57N3S3. The van der Waals surface area contributed by atoms with E-state index in [1.165, 1.54) is 84.0 Å². The van der Waals surface area contributed by atoms with Crippen molar-refractivity contribution in [2.45, 2.75) is 79.6 Å². The summed E-state index contributed by atoms with van der Waals surface area (Å²) < 4.78 is 0. The second kappa shape index (κ2) is 17.7. The van der Waals surface area contributed by atoms with Gasteiger partial charge in [0.1, 0.15) is 0 Å². The van der Waals surface area contributed by atoms with Crippen LogP contribution in [0.1, 0.15) is 66.8 Å². The van der Waals surface area contributed by atoms with Gasteiger partial charge in [0.05, 0.1) is 20.0 Å². The molecule has 1 heterocycles. The van der Waals surface area contributed by atoms with Crippen LogP contribution in [-0.2, 0) is 17.3 Å². The van der Waals surface area contributed by atoms with Crippen molar-refractivity contribution < 1.29 is 0 Å². The van der Waals surface area contributed by atoms with E-state index in [0.29, 0.717) is 0 Å². The van der Waals surface area contributed by atoms with E-state index in [-0.39, 0.29) is 0 Å². The van der Waals surface area contributed by atoms with Crippen LogP contribution in [0, 0.1) is 62.3 Å². The molecule has 3 nitrogen and oxygen atoms in total. The maximum atomic E-state index is 2.68. The molecule has 246 valence electrons. The molecule has 45 heavy (non-hydrogen) atoms. The van der Waals surface area contributed by atoms with E-state index < -0.39 is 0 Å². The maximum Gasteiger partial charge on any atom is 0.0530 e. The average molecular weight is 664 g/mol. The zero-order chi connectivity index (χ0) is 32.5. The Kier molecular flexibility index (Phi) is 14.3. The van der Waals surface area contributed by atoms with Gasteiger partial charge in [-0.25, -0.2) is 0 Å². The molecule has 0 amide bonds. The normalized spacial score (nSPS) is 14.9. The van der Waals surface area contributed by atoms with Gasteiger partial charge in [0, 0.05) is 54.2 Å². The lowest BCUT2D eigenvalue weighted by Crippen LogP contribution is -2.56. The van der Waals surface area contributed by atoms with Crippen molar-refractivity contribution in [2.75, 3.05) is 56.9 Å². The van der Waals surface area contributed by atoms with Crippen LogP contribution in [0.15, 0.2) is 36.4 Å². The van der Waals surface area contributed by atoms with Crippen LogP contribution in [0.3, 0.4) is 0 Å². The van der Waals surface area contributed by atoms with Gasteiger partial charge in [-0.1, -0.05) is 53.1 Å². The van der Waals surface area contributed by atoms with Crippen LogP contribution in [0.5, 0.6) is 0 Å². The van der Waals surface area contributed by atoms with E-state index >= 15 is 0 Å². The van der Waals surface area contributed by atoms with Crippen molar-refractivity contribution in [3.63, 3.8) is 0 Å². The third kappa shape index (κ3) is 11.1. The molecule has 3 aromatic carbocycles. The van der Waals surface area contributed by atoms with Crippen molar-refractivity contribution in [1.29, 1.82) is 0 Å². The summed E-state index contributed by atoms with van der Waals surface area (Å²) in [5, 5.41) is 0. The van der Waals surface area contributed by atoms with Crippen LogP contribution in [-0.4, -0.2) is 71.6 Å². The Balaban J connectivity index is 1.29. The van der Waals surface area contributed by atoms with Gasteiger partial charge in [-0.3, -0.25) is 14.7 Å². The summed E-state index contributed by atoms with van der Waals surface area (Å²) in [6.45, 7) is 26.9. The summed E-state index contributed by atoms with van der Waals surface area (Å²) in [7, 11) is 0. The van der Waals surface area contributed by atoms with Crippen molar-refractivity contribution in [3.8, 4) is 0 Å². The van der Waals surface area contributed by atoms with Gasteiger partial charge in [0.25, 0.3) is 0 Å². The molecule has 0 saturated carbocycles. The molecule has 0 N–H and O–H groups in total. The maximum absolute atomic E-state index is 2.68. The molecule has 6 heteroatoms. The van der Waals surface area contributed by atoms with Crippen LogP contribution < -0.4 is 0 Å². The molecule has 0 radical (unpaired) electrons. The Bertz CT molecular complexity index is 1170. The Hall–Kier alpha value is -1.41. The lowest BCUT2D eigenvalue weighted by molar-refractivity contribution is -0.0195. The van der Waals surface area contributed by atoms with Gasteiger partial charge in [-0.2, -0.15) is 35.3 Å². The fourth-order valence-electron chi connectivity index (χ4n) is 6.82. The van der Waals surface area contributed by atoms with E-state index in [9.17, 15) is 0 Å². The summed E-state index contributed by atoms with van der Waals surface area (Å²) >= 11 is 6.29. The van der Waals surface area contributed by atoms with Crippen LogP contribution in [0.4, 0.5) is 0 Å². The molecular weight excluding hydrogens is 607 g/mol. The summed E-state index contributed by atoms with van der Waals surface area (Å²) in [6, 6.07) is 14.0. The first-order valence-electron chi connectivity index (χ1n) is 16.6. The molecule has 0 bridgehead atoms. The van der Waals surface area contributed by atoms with E-state index in [1.807, 2.05) is 0 Å². The van der Waals surface area contributed by atoms with Crippen LogP contribution in [0.2, 0.25) is 0 Å². The molecule has 0 unspecified atom stereocenters. The lowest BCUT2D eigenvalue weighted by atomic mass is 10.0. The van der Waals surface area contributed by atoms with Crippen molar-refractivity contribution >= 4 is 35.3 Å². The Morgan fingerprint density at radius 2 is 0.622 bits per heavy atom. The molecule has 0 atom stereocenters. The van der Waals surface area contributed by atoms with Crippen molar-refractivity contribution in [1.82, 2.24) is 14.7 Å². The van der Waals surface area contributed by atoms with Crippen molar-refractivity contribution in [3.05, 3.63) is 103 Å². The van der Waals surface area contributed by atoms with Gasteiger partial charge in [0.2, 0.25) is 0 Å². The summed E-state index contributed by atoms with van der Waals surface area (Å²) in [5.41, 5.74) is 17.4. The monoisotopic (exact) mass is 663 g/mol. The molecule has 4 rings (SSSR count). The minimum atomic E-state index is 1.08. The third-order valence-corrected chi connectivity index (χ3v) is 12.0. The lowest BCUT2D eigenvalue weighted by Gasteiger charge is -2.42. The van der Waals surface area contributed by atoms with Crippen molar-refractivity contribution in [2.24, 2.45) is 0 Å². The SMILES string of the molecule is Cc1cc(C)c(CSCCN2CN(CCSCc3c(C)cc(C)cc3C)CN(CCSCc3c(C)cc(C)cc3C)C2)c(C)c1. The zero-order valence-electron chi connectivity index (χ0n) is 29.5. The second-order valence-electron chi connectivity index (χ2n) is 13.4. The number of hydrogen-bond donors (Lipinski definition) is 0. The first-order valence-corrected chi connectivity index (χ1v) is 20.1. The first-order chi connectivity index (χ1) is 21.5. The van der Waals surface area contributed by atoms with Gasteiger partial charge in [-0.05, 0) is 112 Å². The molecule has 1 saturated heterocycles. The molecule has 1 aliphatic rings. The highest BCUT2D eigenvalue weighted by atomic mass is 32.2. The minimum Gasteiger partial charge on any atom is -0.277 e. The highest BCUT2D eigenvalue weighted by Crippen LogP contribution is 2.25. The molecule has 0 spiro atoms. The third-order valence-electron chi connectivity index (χ3n) is 9.12. The molecule has 3 aromatic rings. The smallest absolute Gasteiger partial charge is 0.0530 e. The highest BCUT2D eigenvalue weighted by molar-refractivity contribution is 7.98. The van der Waals surface area contributed by atoms with E-state index in [2.05, 4.69) is 149 Å². The zero-order valence-corrected chi connectivity index (χ0v) is 32.0. The molecule has 0 aliphatic carbocycles. The molecule has 0 aromatic heterocycles. The number of aryl methyl sites for hydroxylation is 9. The number of rotatable bonds is 15. The average Bonchev–Trinajstić information content (AvgIpc) is 2.94. The minimum absolute atomic E-state index is 1.08. The first kappa shape index (κ1) is 36.4. The van der Waals surface area contributed by atoms with Crippen LogP contribution in [0.25, 0.3) is 0 Å². The molecule has 1 fully saturated rings. The summed E-state index contributed by atoms with van der Waals surface area (Å²) in [5.74, 6) is 6.87. The second-order valence-corrected chi connectivity index (χ2v) is 16.7. The van der Waals surface area contributed by atoms with E-state index in [4.69, 9.17) is 0 Å². The predicted molar refractivity (Wildman–Crippen MR) is 205 cm³/mol. The van der Waals surface area contributed by atoms with Gasteiger partial charge >= 0.3 is 0 Å². The van der Waals surface area contributed by atoms with E-state index in [1.54, 1.807) is 0 Å². The van der Waals surface area contributed by atoms with Gasteiger partial charge < -0.3 is 0 Å². The Labute approximate surface area is 288 Å².